The van der Waals surface area contributed by atoms with Gasteiger partial charge in [0.05, 0.1) is 11.4 Å². The third-order valence-electron chi connectivity index (χ3n) is 3.72. The van der Waals surface area contributed by atoms with Crippen molar-refractivity contribution in [1.29, 1.82) is 0 Å². The fourth-order valence-electron chi connectivity index (χ4n) is 2.43. The molecule has 0 saturated carbocycles. The molecule has 1 aliphatic heterocycles. The summed E-state index contributed by atoms with van der Waals surface area (Å²) in [5.74, 6) is 0.333. The molecule has 0 N–H and O–H groups in total. The highest BCUT2D eigenvalue weighted by atomic mass is 35.5. The molecule has 2 amide bonds. The van der Waals surface area contributed by atoms with E-state index in [0.29, 0.717) is 26.3 Å². The van der Waals surface area contributed by atoms with Gasteiger partial charge in [0.2, 0.25) is 0 Å². The van der Waals surface area contributed by atoms with Crippen LogP contribution in [0.3, 0.4) is 0 Å². The number of imide groups is 1. The Morgan fingerprint density at radius 1 is 1.12 bits per heavy atom. The topological polar surface area (TPSA) is 46.6 Å². The molecule has 0 radical (unpaired) electrons. The normalized spacial score (nSPS) is 15.8. The number of hydrogen-bond donors (Lipinski definition) is 0. The number of amides is 2. The number of carbonyl (C=O) groups excluding carboxylic acids is 2. The fraction of sp³-hybridized carbons (Fsp3) is 0.158. The average molecular weight is 408 g/mol. The van der Waals surface area contributed by atoms with Crippen LogP contribution >= 0.6 is 35.0 Å². The van der Waals surface area contributed by atoms with E-state index in [1.165, 1.54) is 0 Å². The summed E-state index contributed by atoms with van der Waals surface area (Å²) in [6, 6.07) is 12.7. The number of rotatable bonds is 5. The molecule has 2 aromatic carbocycles. The molecule has 0 unspecified atom stereocenters. The molecule has 1 heterocycles. The molecule has 0 atom stereocenters. The molecule has 2 aromatic rings. The lowest BCUT2D eigenvalue weighted by Crippen LogP contribution is -2.32. The SMILES string of the molecule is Cc1cccc(OCCN2C(=O)S/C(=C\c3c(Cl)cccc3Cl)C2=O)c1. The Morgan fingerprint density at radius 2 is 1.81 bits per heavy atom. The van der Waals surface area contributed by atoms with E-state index in [2.05, 4.69) is 0 Å². The Bertz CT molecular complexity index is 878. The summed E-state index contributed by atoms with van der Waals surface area (Å²) in [6.45, 7) is 2.36. The van der Waals surface area contributed by atoms with Crippen LogP contribution in [0.5, 0.6) is 5.75 Å². The second-order valence-electron chi connectivity index (χ2n) is 5.63. The number of nitrogens with zero attached hydrogens (tertiary/aromatic N) is 1. The number of aryl methyl sites for hydroxylation is 1. The van der Waals surface area contributed by atoms with Gasteiger partial charge in [0.1, 0.15) is 12.4 Å². The Hall–Kier alpha value is -1.95. The third-order valence-corrected chi connectivity index (χ3v) is 5.29. The van der Waals surface area contributed by atoms with Crippen LogP contribution in [0.4, 0.5) is 4.79 Å². The van der Waals surface area contributed by atoms with Crippen molar-refractivity contribution in [3.05, 3.63) is 68.5 Å². The monoisotopic (exact) mass is 407 g/mol. The van der Waals surface area contributed by atoms with Crippen LogP contribution in [0.1, 0.15) is 11.1 Å². The maximum absolute atomic E-state index is 12.5. The number of hydrogen-bond acceptors (Lipinski definition) is 4. The van der Waals surface area contributed by atoms with E-state index in [1.807, 2.05) is 31.2 Å². The van der Waals surface area contributed by atoms with Crippen molar-refractivity contribution in [1.82, 2.24) is 4.90 Å². The highest BCUT2D eigenvalue weighted by Gasteiger charge is 2.35. The minimum atomic E-state index is -0.371. The second-order valence-corrected chi connectivity index (χ2v) is 7.44. The first kappa shape index (κ1) is 18.8. The van der Waals surface area contributed by atoms with Crippen LogP contribution in [0.2, 0.25) is 10.0 Å². The van der Waals surface area contributed by atoms with Crippen LogP contribution < -0.4 is 4.74 Å². The number of halogens is 2. The van der Waals surface area contributed by atoms with E-state index in [-0.39, 0.29) is 24.3 Å². The number of carbonyl (C=O) groups is 2. The lowest BCUT2D eigenvalue weighted by atomic mass is 10.2. The summed E-state index contributed by atoms with van der Waals surface area (Å²) in [6.07, 6.45) is 1.55. The minimum absolute atomic E-state index is 0.173. The van der Waals surface area contributed by atoms with Crippen molar-refractivity contribution in [2.75, 3.05) is 13.2 Å². The summed E-state index contributed by atoms with van der Waals surface area (Å²) in [5.41, 5.74) is 1.60. The zero-order valence-electron chi connectivity index (χ0n) is 13.9. The zero-order valence-corrected chi connectivity index (χ0v) is 16.2. The van der Waals surface area contributed by atoms with Gasteiger partial charge in [-0.2, -0.15) is 0 Å². The van der Waals surface area contributed by atoms with Crippen LogP contribution in [0.15, 0.2) is 47.4 Å². The van der Waals surface area contributed by atoms with Gasteiger partial charge in [-0.3, -0.25) is 14.5 Å². The number of ether oxygens (including phenoxy) is 1. The average Bonchev–Trinajstić information content (AvgIpc) is 2.86. The molecule has 4 nitrogen and oxygen atoms in total. The van der Waals surface area contributed by atoms with Gasteiger partial charge in [-0.05, 0) is 54.6 Å². The van der Waals surface area contributed by atoms with Gasteiger partial charge in [0, 0.05) is 15.6 Å². The van der Waals surface area contributed by atoms with Gasteiger partial charge >= 0.3 is 0 Å². The van der Waals surface area contributed by atoms with Crippen molar-refractivity contribution >= 4 is 52.2 Å². The molecule has 134 valence electrons. The van der Waals surface area contributed by atoms with E-state index in [9.17, 15) is 9.59 Å². The molecule has 1 aliphatic rings. The minimum Gasteiger partial charge on any atom is -0.492 e. The van der Waals surface area contributed by atoms with E-state index >= 15 is 0 Å². The highest BCUT2D eigenvalue weighted by Crippen LogP contribution is 2.35. The van der Waals surface area contributed by atoms with Gasteiger partial charge in [0.15, 0.2) is 0 Å². The quantitative estimate of drug-likeness (QED) is 0.620. The smallest absolute Gasteiger partial charge is 0.293 e. The molecular formula is C19H15Cl2NO3S. The predicted octanol–water partition coefficient (Wildman–Crippen LogP) is 5.42. The molecule has 0 aliphatic carbocycles. The van der Waals surface area contributed by atoms with Crippen LogP contribution in [-0.4, -0.2) is 29.2 Å². The number of benzene rings is 2. The molecule has 0 spiro atoms. The molecule has 1 saturated heterocycles. The molecule has 7 heteroatoms. The lowest BCUT2D eigenvalue weighted by Gasteiger charge is -2.13. The van der Waals surface area contributed by atoms with Crippen LogP contribution in [0.25, 0.3) is 6.08 Å². The first-order valence-corrected chi connectivity index (χ1v) is 9.42. The molecule has 3 rings (SSSR count). The summed E-state index contributed by atoms with van der Waals surface area (Å²) in [4.78, 5) is 26.1. The van der Waals surface area contributed by atoms with Crippen molar-refractivity contribution in [2.24, 2.45) is 0 Å². The molecule has 0 aromatic heterocycles. The van der Waals surface area contributed by atoms with Crippen molar-refractivity contribution in [2.45, 2.75) is 6.92 Å². The van der Waals surface area contributed by atoms with Crippen LogP contribution in [-0.2, 0) is 4.79 Å². The van der Waals surface area contributed by atoms with E-state index in [1.54, 1.807) is 24.3 Å². The van der Waals surface area contributed by atoms with Crippen LogP contribution in [0, 0.1) is 6.92 Å². The second kappa shape index (κ2) is 8.16. The van der Waals surface area contributed by atoms with Crippen molar-refractivity contribution in [3.63, 3.8) is 0 Å². The molecule has 26 heavy (non-hydrogen) atoms. The van der Waals surface area contributed by atoms with E-state index in [4.69, 9.17) is 27.9 Å². The summed E-state index contributed by atoms with van der Waals surface area (Å²) in [7, 11) is 0. The van der Waals surface area contributed by atoms with E-state index in [0.717, 1.165) is 22.2 Å². The van der Waals surface area contributed by atoms with Gasteiger partial charge in [0.25, 0.3) is 11.1 Å². The largest absolute Gasteiger partial charge is 0.492 e. The Balaban J connectivity index is 1.68. The third kappa shape index (κ3) is 4.23. The van der Waals surface area contributed by atoms with Gasteiger partial charge in [-0.25, -0.2) is 0 Å². The highest BCUT2D eigenvalue weighted by molar-refractivity contribution is 8.18. The summed E-state index contributed by atoms with van der Waals surface area (Å²) >= 11 is 13.1. The molecular weight excluding hydrogens is 393 g/mol. The van der Waals surface area contributed by atoms with Gasteiger partial charge < -0.3 is 4.74 Å². The predicted molar refractivity (Wildman–Crippen MR) is 106 cm³/mol. The first-order valence-electron chi connectivity index (χ1n) is 7.84. The van der Waals surface area contributed by atoms with Crippen molar-refractivity contribution < 1.29 is 14.3 Å². The Labute approximate surface area is 165 Å². The maximum atomic E-state index is 12.5. The lowest BCUT2D eigenvalue weighted by molar-refractivity contribution is -0.123. The fourth-order valence-corrected chi connectivity index (χ4v) is 3.79. The van der Waals surface area contributed by atoms with Crippen molar-refractivity contribution in [3.8, 4) is 5.75 Å². The Morgan fingerprint density at radius 3 is 2.50 bits per heavy atom. The molecule has 1 fully saturated rings. The van der Waals surface area contributed by atoms with Gasteiger partial charge in [-0.15, -0.1) is 0 Å². The van der Waals surface area contributed by atoms with E-state index < -0.39 is 0 Å². The summed E-state index contributed by atoms with van der Waals surface area (Å²) in [5, 5.41) is 0.511. The molecule has 0 bridgehead atoms. The van der Waals surface area contributed by atoms with Gasteiger partial charge in [-0.1, -0.05) is 41.4 Å². The summed E-state index contributed by atoms with van der Waals surface area (Å²) < 4.78 is 5.62. The zero-order chi connectivity index (χ0) is 18.7. The number of thioether (sulfide) groups is 1. The maximum Gasteiger partial charge on any atom is 0.293 e. The first-order chi connectivity index (χ1) is 12.5. The Kier molecular flexibility index (Phi) is 5.91. The standard InChI is InChI=1S/C19H15Cl2NO3S/c1-12-4-2-5-13(10-12)25-9-8-22-18(23)17(26-19(22)24)11-14-15(20)6-3-7-16(14)21/h2-7,10-11H,8-9H2,1H3/b17-11-.